The number of benzene rings is 2. The molecular formula is C22H25N3O3. The Hall–Kier alpha value is -3.15. The number of oxazole rings is 1. The van der Waals surface area contributed by atoms with E-state index in [1.807, 2.05) is 39.0 Å². The first kappa shape index (κ1) is 19.6. The van der Waals surface area contributed by atoms with E-state index in [4.69, 9.17) is 4.42 Å². The molecule has 1 heterocycles. The van der Waals surface area contributed by atoms with Crippen LogP contribution in [0.5, 0.6) is 0 Å². The molecule has 6 heteroatoms. The van der Waals surface area contributed by atoms with Crippen molar-refractivity contribution < 1.29 is 14.0 Å². The van der Waals surface area contributed by atoms with Gasteiger partial charge in [0.2, 0.25) is 5.91 Å². The van der Waals surface area contributed by atoms with E-state index in [0.29, 0.717) is 34.7 Å². The number of fused-ring (bicyclic) bond motifs is 1. The van der Waals surface area contributed by atoms with Crippen LogP contribution in [0.3, 0.4) is 0 Å². The average molecular weight is 379 g/mol. The molecule has 1 atom stereocenters. The maximum absolute atomic E-state index is 12.9. The third kappa shape index (κ3) is 4.57. The van der Waals surface area contributed by atoms with Crippen LogP contribution in [0.4, 0.5) is 5.69 Å². The van der Waals surface area contributed by atoms with Crippen LogP contribution in [0.2, 0.25) is 0 Å². The van der Waals surface area contributed by atoms with Crippen LogP contribution in [0.25, 0.3) is 11.1 Å². The Morgan fingerprint density at radius 1 is 1.11 bits per heavy atom. The first-order valence-electron chi connectivity index (χ1n) is 9.38. The van der Waals surface area contributed by atoms with Gasteiger partial charge >= 0.3 is 0 Å². The van der Waals surface area contributed by atoms with Crippen LogP contribution in [0, 0.1) is 19.8 Å². The molecule has 0 saturated carbocycles. The van der Waals surface area contributed by atoms with E-state index in [2.05, 4.69) is 15.6 Å². The van der Waals surface area contributed by atoms with Gasteiger partial charge in [-0.2, -0.15) is 0 Å². The summed E-state index contributed by atoms with van der Waals surface area (Å²) in [6, 6.07) is 12.0. The minimum Gasteiger partial charge on any atom is -0.441 e. The van der Waals surface area contributed by atoms with Gasteiger partial charge in [0.15, 0.2) is 11.5 Å². The predicted octanol–water partition coefficient (Wildman–Crippen LogP) is 4.23. The smallest absolute Gasteiger partial charge is 0.252 e. The third-order valence-electron chi connectivity index (χ3n) is 4.48. The fourth-order valence-corrected chi connectivity index (χ4v) is 3.12. The van der Waals surface area contributed by atoms with Gasteiger partial charge in [-0.25, -0.2) is 4.98 Å². The van der Waals surface area contributed by atoms with Crippen molar-refractivity contribution in [2.45, 2.75) is 40.2 Å². The topological polar surface area (TPSA) is 84.2 Å². The van der Waals surface area contributed by atoms with Crippen LogP contribution >= 0.6 is 0 Å². The summed E-state index contributed by atoms with van der Waals surface area (Å²) in [5.74, 6) is 0.312. The highest BCUT2D eigenvalue weighted by Gasteiger charge is 2.23. The number of rotatable bonds is 6. The molecule has 146 valence electrons. The quantitative estimate of drug-likeness (QED) is 0.671. The van der Waals surface area contributed by atoms with Crippen molar-refractivity contribution in [2.24, 2.45) is 5.92 Å². The zero-order chi connectivity index (χ0) is 20.3. The minimum absolute atomic E-state index is 0.244. The van der Waals surface area contributed by atoms with Crippen LogP contribution in [0.1, 0.15) is 42.1 Å². The normalized spacial score (nSPS) is 12.2. The molecule has 0 aliphatic heterocycles. The molecule has 0 bridgehead atoms. The number of aromatic nitrogens is 1. The largest absolute Gasteiger partial charge is 0.441 e. The molecule has 28 heavy (non-hydrogen) atoms. The second-order valence-corrected chi connectivity index (χ2v) is 7.38. The van der Waals surface area contributed by atoms with Crippen molar-refractivity contribution in [1.29, 1.82) is 0 Å². The first-order valence-corrected chi connectivity index (χ1v) is 9.38. The fraction of sp³-hybridized carbons (Fsp3) is 0.318. The molecule has 2 amide bonds. The summed E-state index contributed by atoms with van der Waals surface area (Å²) in [4.78, 5) is 29.8. The summed E-state index contributed by atoms with van der Waals surface area (Å²) in [6.45, 7) is 7.69. The van der Waals surface area contributed by atoms with E-state index in [-0.39, 0.29) is 17.7 Å². The highest BCUT2D eigenvalue weighted by molar-refractivity contribution is 6.02. The van der Waals surface area contributed by atoms with Crippen molar-refractivity contribution >= 4 is 28.6 Å². The number of aryl methyl sites for hydroxylation is 2. The van der Waals surface area contributed by atoms with E-state index >= 15 is 0 Å². The molecule has 6 nitrogen and oxygen atoms in total. The van der Waals surface area contributed by atoms with Crippen molar-refractivity contribution in [3.63, 3.8) is 0 Å². The van der Waals surface area contributed by atoms with Gasteiger partial charge in [0, 0.05) is 18.2 Å². The number of hydrogen-bond acceptors (Lipinski definition) is 4. The molecule has 0 radical (unpaired) electrons. The highest BCUT2D eigenvalue weighted by atomic mass is 16.3. The number of anilines is 1. The zero-order valence-electron chi connectivity index (χ0n) is 16.6. The molecule has 3 rings (SSSR count). The summed E-state index contributed by atoms with van der Waals surface area (Å²) in [5, 5.41) is 5.77. The molecule has 0 saturated heterocycles. The lowest BCUT2D eigenvalue weighted by Crippen LogP contribution is -2.44. The van der Waals surface area contributed by atoms with Crippen molar-refractivity contribution in [3.05, 3.63) is 59.5 Å². The fourth-order valence-electron chi connectivity index (χ4n) is 3.12. The van der Waals surface area contributed by atoms with E-state index in [1.54, 1.807) is 31.2 Å². The lowest BCUT2D eigenvalue weighted by Gasteiger charge is -2.20. The Labute approximate surface area is 164 Å². The van der Waals surface area contributed by atoms with Gasteiger partial charge in [0.25, 0.3) is 5.91 Å². The molecule has 0 spiro atoms. The summed E-state index contributed by atoms with van der Waals surface area (Å²) in [5.41, 5.74) is 3.41. The van der Waals surface area contributed by atoms with Gasteiger partial charge in [0.1, 0.15) is 11.6 Å². The van der Waals surface area contributed by atoms with E-state index < -0.39 is 6.04 Å². The SMILES string of the molecule is Cc1nc2cc(NC(=O)[C@H](CC(C)C)NC(=O)c3ccccc3C)ccc2o1. The maximum atomic E-state index is 12.9. The van der Waals surface area contributed by atoms with Crippen molar-refractivity contribution in [1.82, 2.24) is 10.3 Å². The molecule has 0 aliphatic rings. The number of nitrogens with zero attached hydrogens (tertiary/aromatic N) is 1. The molecular weight excluding hydrogens is 354 g/mol. The number of carbonyl (C=O) groups excluding carboxylic acids is 2. The van der Waals surface area contributed by atoms with Crippen LogP contribution in [-0.2, 0) is 4.79 Å². The summed E-state index contributed by atoms with van der Waals surface area (Å²) in [7, 11) is 0. The predicted molar refractivity (Wildman–Crippen MR) is 109 cm³/mol. The lowest BCUT2D eigenvalue weighted by atomic mass is 10.0. The second-order valence-electron chi connectivity index (χ2n) is 7.38. The van der Waals surface area contributed by atoms with E-state index in [9.17, 15) is 9.59 Å². The van der Waals surface area contributed by atoms with Gasteiger partial charge in [-0.3, -0.25) is 9.59 Å². The molecule has 1 aromatic heterocycles. The number of hydrogen-bond donors (Lipinski definition) is 2. The summed E-state index contributed by atoms with van der Waals surface area (Å²) in [6.07, 6.45) is 0.536. The highest BCUT2D eigenvalue weighted by Crippen LogP contribution is 2.20. The van der Waals surface area contributed by atoms with Crippen molar-refractivity contribution in [3.8, 4) is 0 Å². The standard InChI is InChI=1S/C22H25N3O3/c1-13(2)11-19(25-21(26)17-8-6-5-7-14(17)3)22(27)24-16-9-10-20-18(12-16)23-15(4)28-20/h5-10,12-13,19H,11H2,1-4H3,(H,24,27)(H,25,26)/t19-/m0/s1. The number of carbonyl (C=O) groups is 2. The monoisotopic (exact) mass is 379 g/mol. The van der Waals surface area contributed by atoms with Crippen LogP contribution < -0.4 is 10.6 Å². The molecule has 2 aromatic carbocycles. The summed E-state index contributed by atoms with van der Waals surface area (Å²) >= 11 is 0. The minimum atomic E-state index is -0.637. The first-order chi connectivity index (χ1) is 13.3. The molecule has 0 unspecified atom stereocenters. The Morgan fingerprint density at radius 3 is 2.57 bits per heavy atom. The molecule has 0 aliphatic carbocycles. The second kappa shape index (κ2) is 8.25. The molecule has 2 N–H and O–H groups in total. The maximum Gasteiger partial charge on any atom is 0.252 e. The number of amides is 2. The number of nitrogens with one attached hydrogen (secondary N) is 2. The Kier molecular flexibility index (Phi) is 5.78. The lowest BCUT2D eigenvalue weighted by molar-refractivity contribution is -0.118. The Morgan fingerprint density at radius 2 is 1.86 bits per heavy atom. The Balaban J connectivity index is 1.76. The summed E-state index contributed by atoms with van der Waals surface area (Å²) < 4.78 is 5.46. The zero-order valence-corrected chi connectivity index (χ0v) is 16.6. The van der Waals surface area contributed by atoms with Crippen LogP contribution in [0.15, 0.2) is 46.9 Å². The van der Waals surface area contributed by atoms with Gasteiger partial charge in [-0.15, -0.1) is 0 Å². The van der Waals surface area contributed by atoms with E-state index in [0.717, 1.165) is 5.56 Å². The van der Waals surface area contributed by atoms with Gasteiger partial charge < -0.3 is 15.1 Å². The Bertz CT molecular complexity index is 1010. The van der Waals surface area contributed by atoms with Gasteiger partial charge in [-0.1, -0.05) is 32.0 Å². The van der Waals surface area contributed by atoms with Gasteiger partial charge in [0.05, 0.1) is 0 Å². The van der Waals surface area contributed by atoms with Crippen LogP contribution in [-0.4, -0.2) is 22.8 Å². The van der Waals surface area contributed by atoms with Gasteiger partial charge in [-0.05, 0) is 49.1 Å². The van der Waals surface area contributed by atoms with Crippen molar-refractivity contribution in [2.75, 3.05) is 5.32 Å². The third-order valence-corrected chi connectivity index (χ3v) is 4.48. The molecule has 3 aromatic rings. The molecule has 0 fully saturated rings. The van der Waals surface area contributed by atoms with E-state index in [1.165, 1.54) is 0 Å². The average Bonchev–Trinajstić information content (AvgIpc) is 3.00.